The minimum absolute atomic E-state index is 0.231. The lowest BCUT2D eigenvalue weighted by atomic mass is 10.2. The molecular formula is C10H20O6. The van der Waals surface area contributed by atoms with Crippen LogP contribution in [0.3, 0.4) is 0 Å². The van der Waals surface area contributed by atoms with Crippen LogP contribution in [-0.2, 0) is 14.4 Å². The summed E-state index contributed by atoms with van der Waals surface area (Å²) < 4.78 is 0. The van der Waals surface area contributed by atoms with Gasteiger partial charge in [0.05, 0.1) is 5.92 Å². The van der Waals surface area contributed by atoms with Gasteiger partial charge in [-0.2, -0.15) is 0 Å². The minimum Gasteiger partial charge on any atom is -0.481 e. The van der Waals surface area contributed by atoms with Crippen molar-refractivity contribution in [1.29, 1.82) is 0 Å². The summed E-state index contributed by atoms with van der Waals surface area (Å²) in [7, 11) is 0. The molecule has 0 radical (unpaired) electrons. The number of hydrogen-bond donors (Lipinski definition) is 3. The molecule has 16 heavy (non-hydrogen) atoms. The standard InChI is InChI=1S/2C4H8O2.C2H4O2/c1-3(2)4(5)6;1-2-3-4(5)6;1-2(3)4/h3H,1-2H3,(H,5,6);2-3H2,1H3,(H,5,6);1H3,(H,3,4). The van der Waals surface area contributed by atoms with E-state index < -0.39 is 17.9 Å². The van der Waals surface area contributed by atoms with E-state index in [1.165, 1.54) is 0 Å². The largest absolute Gasteiger partial charge is 0.481 e. The summed E-state index contributed by atoms with van der Waals surface area (Å²) >= 11 is 0. The van der Waals surface area contributed by atoms with Crippen LogP contribution in [0.1, 0.15) is 40.5 Å². The first-order valence-corrected chi connectivity index (χ1v) is 4.79. The van der Waals surface area contributed by atoms with Gasteiger partial charge in [-0.25, -0.2) is 0 Å². The Bertz CT molecular complexity index is 205. The predicted octanol–water partition coefficient (Wildman–Crippen LogP) is 1.69. The van der Waals surface area contributed by atoms with Crippen LogP contribution in [0.4, 0.5) is 0 Å². The predicted molar refractivity (Wildman–Crippen MR) is 58.3 cm³/mol. The van der Waals surface area contributed by atoms with E-state index >= 15 is 0 Å². The van der Waals surface area contributed by atoms with Crippen LogP contribution in [0.5, 0.6) is 0 Å². The third kappa shape index (κ3) is 55.2. The highest BCUT2D eigenvalue weighted by Crippen LogP contribution is 1.87. The molecule has 6 heteroatoms. The highest BCUT2D eigenvalue weighted by Gasteiger charge is 1.99. The van der Waals surface area contributed by atoms with Crippen molar-refractivity contribution in [3.05, 3.63) is 0 Å². The first-order chi connectivity index (χ1) is 7.14. The van der Waals surface area contributed by atoms with E-state index in [1.54, 1.807) is 13.8 Å². The zero-order valence-electron chi connectivity index (χ0n) is 10.1. The maximum Gasteiger partial charge on any atom is 0.305 e. The van der Waals surface area contributed by atoms with Crippen molar-refractivity contribution in [1.82, 2.24) is 0 Å². The summed E-state index contributed by atoms with van der Waals surface area (Å²) in [5.74, 6) is -2.52. The molecule has 0 spiro atoms. The van der Waals surface area contributed by atoms with Crippen molar-refractivity contribution in [3.8, 4) is 0 Å². The van der Waals surface area contributed by atoms with E-state index in [2.05, 4.69) is 0 Å². The Hall–Kier alpha value is -1.59. The van der Waals surface area contributed by atoms with Gasteiger partial charge in [0.1, 0.15) is 0 Å². The molecule has 0 aromatic carbocycles. The van der Waals surface area contributed by atoms with Crippen molar-refractivity contribution >= 4 is 17.9 Å². The summed E-state index contributed by atoms with van der Waals surface area (Å²) in [6.45, 7) is 6.21. The van der Waals surface area contributed by atoms with Crippen LogP contribution < -0.4 is 0 Å². The molecule has 0 bridgehead atoms. The number of hydrogen-bond acceptors (Lipinski definition) is 3. The molecule has 0 amide bonds. The number of rotatable bonds is 3. The monoisotopic (exact) mass is 236 g/mol. The van der Waals surface area contributed by atoms with Gasteiger partial charge in [-0.15, -0.1) is 0 Å². The SMILES string of the molecule is CC(=O)O.CC(C)C(=O)O.CCCC(=O)O. The zero-order valence-corrected chi connectivity index (χ0v) is 10.1. The van der Waals surface area contributed by atoms with Crippen LogP contribution in [-0.4, -0.2) is 33.2 Å². The van der Waals surface area contributed by atoms with Crippen LogP contribution in [0.2, 0.25) is 0 Å². The van der Waals surface area contributed by atoms with Crippen LogP contribution >= 0.6 is 0 Å². The van der Waals surface area contributed by atoms with Gasteiger partial charge >= 0.3 is 11.9 Å². The second kappa shape index (κ2) is 13.4. The smallest absolute Gasteiger partial charge is 0.305 e. The molecule has 0 unspecified atom stereocenters. The Morgan fingerprint density at radius 3 is 1.31 bits per heavy atom. The first-order valence-electron chi connectivity index (χ1n) is 4.79. The molecule has 0 heterocycles. The third-order valence-corrected chi connectivity index (χ3v) is 0.958. The number of carboxylic acid groups (broad SMARTS) is 3. The van der Waals surface area contributed by atoms with Crippen molar-refractivity contribution in [2.75, 3.05) is 0 Å². The van der Waals surface area contributed by atoms with Crippen molar-refractivity contribution in [2.45, 2.75) is 40.5 Å². The molecule has 0 fully saturated rings. The van der Waals surface area contributed by atoms with Crippen LogP contribution in [0, 0.1) is 5.92 Å². The summed E-state index contributed by atoms with van der Waals surface area (Å²) in [6, 6.07) is 0. The lowest BCUT2D eigenvalue weighted by Gasteiger charge is -1.89. The fourth-order valence-corrected chi connectivity index (χ4v) is 0.214. The Labute approximate surface area is 94.9 Å². The highest BCUT2D eigenvalue weighted by molar-refractivity contribution is 5.68. The van der Waals surface area contributed by atoms with Crippen LogP contribution in [0.25, 0.3) is 0 Å². The van der Waals surface area contributed by atoms with E-state index in [9.17, 15) is 9.59 Å². The van der Waals surface area contributed by atoms with Crippen molar-refractivity contribution in [2.24, 2.45) is 5.92 Å². The maximum absolute atomic E-state index is 9.70. The molecule has 0 aromatic rings. The van der Waals surface area contributed by atoms with E-state index in [0.717, 1.165) is 13.3 Å². The van der Waals surface area contributed by atoms with Gasteiger partial charge < -0.3 is 15.3 Å². The van der Waals surface area contributed by atoms with Crippen LogP contribution in [0.15, 0.2) is 0 Å². The highest BCUT2D eigenvalue weighted by atomic mass is 16.4. The van der Waals surface area contributed by atoms with E-state index in [0.29, 0.717) is 6.42 Å². The average molecular weight is 236 g/mol. The molecule has 96 valence electrons. The minimum atomic E-state index is -0.833. The Balaban J connectivity index is -0.000000162. The van der Waals surface area contributed by atoms with Crippen molar-refractivity contribution < 1.29 is 29.7 Å². The summed E-state index contributed by atoms with van der Waals surface area (Å²) in [5.41, 5.74) is 0. The normalized spacial score (nSPS) is 8.06. The molecule has 3 N–H and O–H groups in total. The molecule has 0 rings (SSSR count). The second-order valence-electron chi connectivity index (χ2n) is 3.16. The Morgan fingerprint density at radius 1 is 1.06 bits per heavy atom. The Morgan fingerprint density at radius 2 is 1.31 bits per heavy atom. The van der Waals surface area contributed by atoms with Gasteiger partial charge in [0.2, 0.25) is 0 Å². The van der Waals surface area contributed by atoms with Crippen molar-refractivity contribution in [3.63, 3.8) is 0 Å². The first kappa shape index (κ1) is 19.9. The van der Waals surface area contributed by atoms with E-state index in [1.807, 2.05) is 6.92 Å². The fourth-order valence-electron chi connectivity index (χ4n) is 0.214. The van der Waals surface area contributed by atoms with Gasteiger partial charge in [0, 0.05) is 13.3 Å². The molecule has 0 saturated heterocycles. The summed E-state index contributed by atoms with van der Waals surface area (Å²) in [4.78, 5) is 28.3. The number of carbonyl (C=O) groups is 3. The molecule has 0 aliphatic heterocycles. The second-order valence-corrected chi connectivity index (χ2v) is 3.16. The molecule has 0 saturated carbocycles. The topological polar surface area (TPSA) is 112 Å². The molecule has 0 aliphatic carbocycles. The number of aliphatic carboxylic acids is 3. The number of carboxylic acids is 3. The summed E-state index contributed by atoms with van der Waals surface area (Å²) in [6.07, 6.45) is 1.02. The Kier molecular flexibility index (Phi) is 16.7. The molecule has 6 nitrogen and oxygen atoms in total. The van der Waals surface area contributed by atoms with Gasteiger partial charge in [-0.05, 0) is 6.42 Å². The molecular weight excluding hydrogens is 216 g/mol. The lowest BCUT2D eigenvalue weighted by Crippen LogP contribution is -2.03. The third-order valence-electron chi connectivity index (χ3n) is 0.958. The summed E-state index contributed by atoms with van der Waals surface area (Å²) in [5, 5.41) is 23.3. The van der Waals surface area contributed by atoms with Gasteiger partial charge in [-0.1, -0.05) is 20.8 Å². The van der Waals surface area contributed by atoms with Gasteiger partial charge in [0.25, 0.3) is 5.97 Å². The van der Waals surface area contributed by atoms with E-state index in [4.69, 9.17) is 20.1 Å². The lowest BCUT2D eigenvalue weighted by molar-refractivity contribution is -0.140. The fraction of sp³-hybridized carbons (Fsp3) is 0.700. The molecule has 0 aromatic heterocycles. The van der Waals surface area contributed by atoms with Gasteiger partial charge in [-0.3, -0.25) is 14.4 Å². The molecule has 0 atom stereocenters. The molecule has 0 aliphatic rings. The maximum atomic E-state index is 9.70. The quantitative estimate of drug-likeness (QED) is 0.687. The average Bonchev–Trinajstić information content (AvgIpc) is 2.03. The zero-order chi connectivity index (χ0) is 13.7. The van der Waals surface area contributed by atoms with E-state index in [-0.39, 0.29) is 5.92 Å². The van der Waals surface area contributed by atoms with Gasteiger partial charge in [0.15, 0.2) is 0 Å².